The molecule has 0 amide bonds. The minimum Gasteiger partial charge on any atom is -0.478 e. The number of carbonyl (C=O) groups excluding carboxylic acids is 2. The van der Waals surface area contributed by atoms with Crippen molar-refractivity contribution in [1.29, 1.82) is 0 Å². The van der Waals surface area contributed by atoms with Crippen molar-refractivity contribution in [2.75, 3.05) is 13.2 Å². The number of esters is 2. The first kappa shape index (κ1) is 16.9. The second kappa shape index (κ2) is 7.58. The maximum absolute atomic E-state index is 11.7. The van der Waals surface area contributed by atoms with E-state index in [-0.39, 0.29) is 29.9 Å². The Labute approximate surface area is 124 Å². The van der Waals surface area contributed by atoms with Crippen LogP contribution in [0, 0.1) is 0 Å². The maximum atomic E-state index is 11.7. The summed E-state index contributed by atoms with van der Waals surface area (Å²) in [6, 6.07) is 2.91. The molecule has 0 saturated heterocycles. The van der Waals surface area contributed by atoms with Crippen LogP contribution in [0.25, 0.3) is 0 Å². The lowest BCUT2D eigenvalue weighted by Crippen LogP contribution is -2.14. The number of benzene rings is 1. The van der Waals surface area contributed by atoms with Gasteiger partial charge in [-0.25, -0.2) is 19.2 Å². The first-order valence-corrected chi connectivity index (χ1v) is 5.93. The molecule has 0 aliphatic carbocycles. The number of aromatic carboxylic acids is 2. The number of carboxylic acids is 2. The molecule has 0 fully saturated rings. The van der Waals surface area contributed by atoms with Crippen LogP contribution in [0.5, 0.6) is 0 Å². The third-order valence-corrected chi connectivity index (χ3v) is 2.39. The summed E-state index contributed by atoms with van der Waals surface area (Å²) < 4.78 is 9.34. The smallest absolute Gasteiger partial charge is 0.338 e. The predicted molar refractivity (Wildman–Crippen MR) is 71.8 cm³/mol. The highest BCUT2D eigenvalue weighted by Gasteiger charge is 2.16. The zero-order valence-corrected chi connectivity index (χ0v) is 11.3. The molecular formula is C14H12O8. The van der Waals surface area contributed by atoms with E-state index in [9.17, 15) is 19.2 Å². The molecule has 0 spiro atoms. The fourth-order valence-electron chi connectivity index (χ4n) is 1.41. The van der Waals surface area contributed by atoms with Gasteiger partial charge in [0.15, 0.2) is 0 Å². The third-order valence-electron chi connectivity index (χ3n) is 2.39. The standard InChI is InChI=1S/C14H12O8/c1-2-11(15)21-3-4-22-14(20)10-6-8(12(16)17)5-9(7-10)13(18)19/h2,5-7H,1,3-4H2,(H,16,17)(H,18,19). The Balaban J connectivity index is 2.79. The summed E-state index contributed by atoms with van der Waals surface area (Å²) in [5.74, 6) is -4.37. The van der Waals surface area contributed by atoms with E-state index in [0.29, 0.717) is 0 Å². The summed E-state index contributed by atoms with van der Waals surface area (Å²) >= 11 is 0. The Morgan fingerprint density at radius 3 is 1.82 bits per heavy atom. The Bertz CT molecular complexity index is 599. The van der Waals surface area contributed by atoms with Crippen molar-refractivity contribution in [3.05, 3.63) is 47.5 Å². The van der Waals surface area contributed by atoms with Crippen molar-refractivity contribution in [1.82, 2.24) is 0 Å². The van der Waals surface area contributed by atoms with Crippen LogP contribution in [-0.2, 0) is 14.3 Å². The first-order chi connectivity index (χ1) is 10.3. The molecule has 0 aliphatic heterocycles. The molecule has 8 heteroatoms. The van der Waals surface area contributed by atoms with Crippen molar-refractivity contribution in [3.63, 3.8) is 0 Å². The maximum Gasteiger partial charge on any atom is 0.338 e. The quantitative estimate of drug-likeness (QED) is 0.433. The zero-order chi connectivity index (χ0) is 16.7. The third kappa shape index (κ3) is 4.75. The highest BCUT2D eigenvalue weighted by Crippen LogP contribution is 2.12. The van der Waals surface area contributed by atoms with E-state index in [0.717, 1.165) is 24.3 Å². The van der Waals surface area contributed by atoms with Crippen LogP contribution in [0.1, 0.15) is 31.1 Å². The van der Waals surface area contributed by atoms with Crippen LogP contribution >= 0.6 is 0 Å². The Hall–Kier alpha value is -3.16. The van der Waals surface area contributed by atoms with E-state index in [1.54, 1.807) is 0 Å². The average Bonchev–Trinajstić information content (AvgIpc) is 2.50. The van der Waals surface area contributed by atoms with Crippen LogP contribution in [0.15, 0.2) is 30.9 Å². The number of carbonyl (C=O) groups is 4. The summed E-state index contributed by atoms with van der Waals surface area (Å²) in [4.78, 5) is 44.3. The SMILES string of the molecule is C=CC(=O)OCCOC(=O)c1cc(C(=O)O)cc(C(=O)O)c1. The Morgan fingerprint density at radius 2 is 1.36 bits per heavy atom. The first-order valence-electron chi connectivity index (χ1n) is 5.93. The number of rotatable bonds is 7. The van der Waals surface area contributed by atoms with Gasteiger partial charge in [0.25, 0.3) is 0 Å². The van der Waals surface area contributed by atoms with Crippen LogP contribution in [0.3, 0.4) is 0 Å². The predicted octanol–water partition coefficient (Wildman–Crippen LogP) is 0.969. The second-order valence-electron chi connectivity index (χ2n) is 3.92. The van der Waals surface area contributed by atoms with E-state index in [1.807, 2.05) is 0 Å². The van der Waals surface area contributed by atoms with Gasteiger partial charge >= 0.3 is 23.9 Å². The van der Waals surface area contributed by atoms with Gasteiger partial charge in [-0.3, -0.25) is 0 Å². The summed E-state index contributed by atoms with van der Waals surface area (Å²) in [5, 5.41) is 17.8. The number of ether oxygens (including phenoxy) is 2. The molecule has 0 aromatic heterocycles. The van der Waals surface area contributed by atoms with Gasteiger partial charge in [0.1, 0.15) is 13.2 Å². The molecule has 0 radical (unpaired) electrons. The summed E-state index contributed by atoms with van der Waals surface area (Å²) in [6.45, 7) is 2.71. The van der Waals surface area contributed by atoms with Crippen LogP contribution in [0.2, 0.25) is 0 Å². The molecule has 0 unspecified atom stereocenters. The van der Waals surface area contributed by atoms with Gasteiger partial charge in [0, 0.05) is 6.08 Å². The van der Waals surface area contributed by atoms with Crippen molar-refractivity contribution < 1.29 is 38.9 Å². The second-order valence-corrected chi connectivity index (χ2v) is 3.92. The molecule has 22 heavy (non-hydrogen) atoms. The molecule has 1 aromatic rings. The molecule has 116 valence electrons. The highest BCUT2D eigenvalue weighted by atomic mass is 16.6. The number of carboxylic acid groups (broad SMARTS) is 2. The largest absolute Gasteiger partial charge is 0.478 e. The van der Waals surface area contributed by atoms with Gasteiger partial charge in [-0.2, -0.15) is 0 Å². The molecule has 1 aromatic carbocycles. The Morgan fingerprint density at radius 1 is 0.909 bits per heavy atom. The van der Waals surface area contributed by atoms with Crippen LogP contribution in [0.4, 0.5) is 0 Å². The van der Waals surface area contributed by atoms with E-state index in [2.05, 4.69) is 11.3 Å². The van der Waals surface area contributed by atoms with Gasteiger partial charge < -0.3 is 19.7 Å². The zero-order valence-electron chi connectivity index (χ0n) is 11.3. The van der Waals surface area contributed by atoms with E-state index < -0.39 is 23.9 Å². The molecule has 0 saturated carbocycles. The lowest BCUT2D eigenvalue weighted by atomic mass is 10.1. The molecule has 0 aliphatic rings. The summed E-state index contributed by atoms with van der Waals surface area (Å²) in [6.07, 6.45) is 0.942. The van der Waals surface area contributed by atoms with Crippen LogP contribution in [-0.4, -0.2) is 47.3 Å². The van der Waals surface area contributed by atoms with Crippen molar-refractivity contribution in [2.45, 2.75) is 0 Å². The Kier molecular flexibility index (Phi) is 5.82. The topological polar surface area (TPSA) is 127 Å². The van der Waals surface area contributed by atoms with Crippen molar-refractivity contribution in [2.24, 2.45) is 0 Å². The summed E-state index contributed by atoms with van der Waals surface area (Å²) in [5.41, 5.74) is -0.942. The molecule has 2 N–H and O–H groups in total. The van der Waals surface area contributed by atoms with Crippen molar-refractivity contribution in [3.8, 4) is 0 Å². The summed E-state index contributed by atoms with van der Waals surface area (Å²) in [7, 11) is 0. The van der Waals surface area contributed by atoms with Gasteiger partial charge in [0.2, 0.25) is 0 Å². The molecule has 0 bridgehead atoms. The monoisotopic (exact) mass is 308 g/mol. The van der Waals surface area contributed by atoms with Crippen molar-refractivity contribution >= 4 is 23.9 Å². The van der Waals surface area contributed by atoms with Gasteiger partial charge in [-0.05, 0) is 18.2 Å². The number of hydrogen-bond acceptors (Lipinski definition) is 6. The molecule has 0 heterocycles. The molecule has 1 rings (SSSR count). The molecular weight excluding hydrogens is 296 g/mol. The van der Waals surface area contributed by atoms with E-state index >= 15 is 0 Å². The van der Waals surface area contributed by atoms with E-state index in [4.69, 9.17) is 14.9 Å². The lowest BCUT2D eigenvalue weighted by Gasteiger charge is -2.07. The fourth-order valence-corrected chi connectivity index (χ4v) is 1.41. The van der Waals surface area contributed by atoms with Gasteiger partial charge in [-0.15, -0.1) is 0 Å². The normalized spacial score (nSPS) is 9.64. The minimum atomic E-state index is -1.38. The molecule has 8 nitrogen and oxygen atoms in total. The highest BCUT2D eigenvalue weighted by molar-refractivity contribution is 5.99. The lowest BCUT2D eigenvalue weighted by molar-refractivity contribution is -0.138. The van der Waals surface area contributed by atoms with Crippen LogP contribution < -0.4 is 0 Å². The van der Waals surface area contributed by atoms with Gasteiger partial charge in [0.05, 0.1) is 16.7 Å². The number of hydrogen-bond donors (Lipinski definition) is 2. The average molecular weight is 308 g/mol. The minimum absolute atomic E-state index is 0.207. The molecule has 0 atom stereocenters. The van der Waals surface area contributed by atoms with E-state index in [1.165, 1.54) is 0 Å². The fraction of sp³-hybridized carbons (Fsp3) is 0.143. The van der Waals surface area contributed by atoms with Gasteiger partial charge in [-0.1, -0.05) is 6.58 Å².